The Balaban J connectivity index is 0.000000268. The van der Waals surface area contributed by atoms with Crippen molar-refractivity contribution in [2.75, 3.05) is 0 Å². The second-order valence-corrected chi connectivity index (χ2v) is 8.68. The van der Waals surface area contributed by atoms with E-state index in [9.17, 15) is 34.9 Å². The smallest absolute Gasteiger partial charge is 0.664 e. The largest absolute Gasteiger partial charge is 2.00 e. The van der Waals surface area contributed by atoms with Crippen LogP contribution in [0.1, 0.15) is 6.92 Å². The number of ketones is 2. The third-order valence-electron chi connectivity index (χ3n) is 4.24. The molecule has 2 heterocycles. The van der Waals surface area contributed by atoms with E-state index >= 15 is 0 Å². The Morgan fingerprint density at radius 1 is 0.897 bits per heavy atom. The van der Waals surface area contributed by atoms with Crippen LogP contribution in [-0.4, -0.2) is 37.9 Å². The quantitative estimate of drug-likeness (QED) is 0.220. The van der Waals surface area contributed by atoms with Crippen LogP contribution in [0.3, 0.4) is 0 Å². The average molecular weight is 616 g/mol. The van der Waals surface area contributed by atoms with Gasteiger partial charge in [-0.1, -0.05) is 22.7 Å². The Bertz CT molecular complexity index is 1630. The molecule has 0 saturated carbocycles. The molecular formula is C20H13CoN8O8S2-. The van der Waals surface area contributed by atoms with Crippen LogP contribution in [0.2, 0.25) is 0 Å². The number of allylic oxidation sites excluding steroid dienone is 6. The molecule has 0 aromatic carbocycles. The van der Waals surface area contributed by atoms with Crippen LogP contribution < -0.4 is 19.6 Å². The Kier molecular flexibility index (Phi) is 10.8. The van der Waals surface area contributed by atoms with Crippen LogP contribution in [0.5, 0.6) is 0 Å². The predicted molar refractivity (Wildman–Crippen MR) is 133 cm³/mol. The fourth-order valence-corrected chi connectivity index (χ4v) is 3.58. The number of nitro groups is 2. The van der Waals surface area contributed by atoms with Gasteiger partial charge in [-0.05, 0) is 31.2 Å². The van der Waals surface area contributed by atoms with Gasteiger partial charge < -0.3 is 30.0 Å². The van der Waals surface area contributed by atoms with E-state index in [1.165, 1.54) is 24.3 Å². The first-order chi connectivity index (χ1) is 18.1. The summed E-state index contributed by atoms with van der Waals surface area (Å²) in [4.78, 5) is 49.7. The fourth-order valence-electron chi connectivity index (χ4n) is 2.48. The van der Waals surface area contributed by atoms with Crippen molar-refractivity contribution >= 4 is 55.7 Å². The molecule has 0 amide bonds. The number of aromatic nitrogens is 2. The molecule has 2 aliphatic carbocycles. The molecule has 0 bridgehead atoms. The van der Waals surface area contributed by atoms with Gasteiger partial charge in [0.1, 0.15) is 22.9 Å². The summed E-state index contributed by atoms with van der Waals surface area (Å²) in [5, 5.41) is 45.0. The van der Waals surface area contributed by atoms with Crippen molar-refractivity contribution in [2.24, 2.45) is 20.4 Å². The van der Waals surface area contributed by atoms with Crippen molar-refractivity contribution in [2.45, 2.75) is 6.92 Å². The molecule has 1 N–H and O–H groups in total. The zero-order chi connectivity index (χ0) is 27.8. The Labute approximate surface area is 235 Å². The number of rotatable bonds is 5. The Hall–Kier alpha value is -4.59. The summed E-state index contributed by atoms with van der Waals surface area (Å²) in [5.74, 6) is -0.645. The van der Waals surface area contributed by atoms with Crippen molar-refractivity contribution in [1.82, 2.24) is 9.97 Å². The molecule has 16 nitrogen and oxygen atoms in total. The first-order valence-corrected chi connectivity index (χ1v) is 11.5. The maximum absolute atomic E-state index is 11.4. The van der Waals surface area contributed by atoms with Crippen LogP contribution in [0, 0.1) is 27.3 Å². The van der Waals surface area contributed by atoms with Crippen LogP contribution in [-0.2, 0) is 31.1 Å². The second-order valence-electron chi connectivity index (χ2n) is 6.71. The molecule has 2 aliphatic rings. The minimum absolute atomic E-state index is 0. The summed E-state index contributed by atoms with van der Waals surface area (Å²) < 4.78 is 4.86. The van der Waals surface area contributed by atoms with Gasteiger partial charge >= 0.3 is 26.8 Å². The van der Waals surface area contributed by atoms with Gasteiger partial charge in [0.25, 0.3) is 0 Å². The summed E-state index contributed by atoms with van der Waals surface area (Å²) in [6, 6.07) is 0. The van der Waals surface area contributed by atoms with E-state index < -0.39 is 9.85 Å². The number of aliphatic hydroxyl groups excluding tert-OH is 1. The normalized spacial score (nSPS) is 17.6. The van der Waals surface area contributed by atoms with Crippen molar-refractivity contribution < 1.29 is 46.1 Å². The number of nitrogens with zero attached hydrogens (tertiary/aromatic N) is 8. The maximum Gasteiger partial charge on any atom is 2.00 e. The molecule has 2 aromatic heterocycles. The zero-order valence-electron chi connectivity index (χ0n) is 19.3. The molecule has 19 heteroatoms. The Morgan fingerprint density at radius 3 is 1.87 bits per heavy atom. The van der Waals surface area contributed by atoms with Crippen molar-refractivity contribution in [3.63, 3.8) is 0 Å². The number of carbonyl (C=O) groups is 2. The molecule has 4 rings (SSSR count). The van der Waals surface area contributed by atoms with E-state index in [-0.39, 0.29) is 65.2 Å². The van der Waals surface area contributed by atoms with Gasteiger partial charge in [-0.2, -0.15) is 7.11 Å². The van der Waals surface area contributed by atoms with Gasteiger partial charge in [0.2, 0.25) is 0 Å². The summed E-state index contributed by atoms with van der Waals surface area (Å²) in [6.07, 6.45) is 8.45. The van der Waals surface area contributed by atoms with Crippen molar-refractivity contribution in [3.05, 3.63) is 96.8 Å². The number of thiazole rings is 2. The van der Waals surface area contributed by atoms with Gasteiger partial charge in [0.15, 0.2) is 11.6 Å². The van der Waals surface area contributed by atoms with Gasteiger partial charge in [-0.25, -0.2) is 0 Å². The molecule has 203 valence electrons. The molecule has 0 fully saturated rings. The third kappa shape index (κ3) is 8.20. The van der Waals surface area contributed by atoms with E-state index in [0.29, 0.717) is 11.3 Å². The number of hydrogen-bond acceptors (Lipinski definition) is 14. The molecule has 39 heavy (non-hydrogen) atoms. The van der Waals surface area contributed by atoms with Gasteiger partial charge in [0, 0.05) is 33.6 Å². The summed E-state index contributed by atoms with van der Waals surface area (Å²) in [6.45, 7) is 1.58. The summed E-state index contributed by atoms with van der Waals surface area (Å²) in [7, 11) is 3.26. The van der Waals surface area contributed by atoms with Crippen LogP contribution in [0.4, 0.5) is 10.0 Å². The van der Waals surface area contributed by atoms with Gasteiger partial charge in [-0.15, -0.1) is 0 Å². The standard InChI is InChI=1S/C11H9N4O4S.C9H6N4O4S.Co/c1-6-8(16)4-3-7(10(6)19-2)13-14-11-12-5-9(20-11)15(17)18;14-5-1-2-6(7(15)3-5)11-12-9-10-4-8(18-9)13(16)17;/h3-5H,2H2,1H3,(H,12,14,16);1-4H,(H2,10,12,14,15);/q-1;;+2/p-2. The van der Waals surface area contributed by atoms with E-state index in [2.05, 4.69) is 37.5 Å². The van der Waals surface area contributed by atoms with Gasteiger partial charge in [0.05, 0.1) is 9.85 Å². The summed E-state index contributed by atoms with van der Waals surface area (Å²) >= 11 is 1.55. The second kappa shape index (κ2) is 13.8. The first kappa shape index (κ1) is 30.6. The average Bonchev–Trinajstić information content (AvgIpc) is 3.55. The third-order valence-corrected chi connectivity index (χ3v) is 5.90. The molecule has 1 radical (unpaired) electrons. The maximum atomic E-state index is 11.4. The van der Waals surface area contributed by atoms with E-state index in [1.54, 1.807) is 6.92 Å². The van der Waals surface area contributed by atoms with Crippen molar-refractivity contribution in [1.29, 1.82) is 0 Å². The first-order valence-electron chi connectivity index (χ1n) is 9.85. The number of hydrogen-bond donors (Lipinski definition) is 1. The molecule has 2 aromatic rings. The number of ether oxygens (including phenoxy) is 1. The number of carbonyl (C=O) groups excluding carboxylic acids is 2. The Morgan fingerprint density at radius 2 is 1.41 bits per heavy atom. The number of aliphatic hydroxyl groups is 1. The fraction of sp³-hybridized carbons (Fsp3) is 0.0500. The zero-order valence-corrected chi connectivity index (χ0v) is 22.0. The minimum Gasteiger partial charge on any atom is -0.664 e. The molecule has 0 aliphatic heterocycles. The van der Waals surface area contributed by atoms with E-state index in [0.717, 1.165) is 41.1 Å². The molecule has 0 saturated heterocycles. The molecular weight excluding hydrogens is 603 g/mol. The monoisotopic (exact) mass is 616 g/mol. The molecule has 0 spiro atoms. The van der Waals surface area contributed by atoms with E-state index in [4.69, 9.17) is 4.74 Å². The van der Waals surface area contributed by atoms with Crippen LogP contribution >= 0.6 is 22.7 Å². The van der Waals surface area contributed by atoms with Gasteiger partial charge in [-0.3, -0.25) is 40.0 Å². The minimum atomic E-state index is -0.583. The predicted octanol–water partition coefficient (Wildman–Crippen LogP) is 1.54. The molecule has 0 atom stereocenters. The van der Waals surface area contributed by atoms with Crippen LogP contribution in [0.15, 0.2) is 80.3 Å². The summed E-state index contributed by atoms with van der Waals surface area (Å²) in [5.41, 5.74) is 0.754. The van der Waals surface area contributed by atoms with E-state index in [1.807, 2.05) is 0 Å². The van der Waals surface area contributed by atoms with Crippen molar-refractivity contribution in [3.8, 4) is 0 Å². The molecule has 0 unspecified atom stereocenters. The topological polar surface area (TPSA) is 228 Å². The SMILES string of the molecule is O=C1C=C/C(=N\N=c2/[n-]cc([N+](=O)[O-])s2)C(O)=C1.[CH2-]OC1=C(C)C(=O)C=C/C1=N\N=c1/[n-]cc([N+](=O)[O-])s1.[Co+2]. The van der Waals surface area contributed by atoms with Crippen LogP contribution in [0.25, 0.3) is 0 Å².